The van der Waals surface area contributed by atoms with Crippen LogP contribution in [0.3, 0.4) is 0 Å². The fourth-order valence-corrected chi connectivity index (χ4v) is 1.15. The summed E-state index contributed by atoms with van der Waals surface area (Å²) >= 11 is 0. The van der Waals surface area contributed by atoms with Crippen LogP contribution in [0, 0.1) is 0 Å². The van der Waals surface area contributed by atoms with E-state index < -0.39 is 18.5 Å². The fraction of sp³-hybridized carbons (Fsp3) is 0.273. The van der Waals surface area contributed by atoms with Crippen molar-refractivity contribution in [2.24, 2.45) is 0 Å². The zero-order valence-electron chi connectivity index (χ0n) is 9.05. The van der Waals surface area contributed by atoms with Gasteiger partial charge in [0.15, 0.2) is 0 Å². The molecule has 92 valence electrons. The van der Waals surface area contributed by atoms with Crippen LogP contribution >= 0.6 is 0 Å². The van der Waals surface area contributed by atoms with Crippen LogP contribution < -0.4 is 5.32 Å². The number of hydrogen-bond acceptors (Lipinski definition) is 4. The fourth-order valence-electron chi connectivity index (χ4n) is 1.15. The third-order valence-corrected chi connectivity index (χ3v) is 1.86. The lowest BCUT2D eigenvalue weighted by Gasteiger charge is -2.05. The summed E-state index contributed by atoms with van der Waals surface area (Å²) in [6.45, 7) is -0.547. The van der Waals surface area contributed by atoms with Crippen molar-refractivity contribution < 1.29 is 24.5 Å². The molecule has 0 bridgehead atoms. The van der Waals surface area contributed by atoms with E-state index >= 15 is 0 Å². The van der Waals surface area contributed by atoms with Crippen molar-refractivity contribution in [1.29, 1.82) is 0 Å². The lowest BCUT2D eigenvalue weighted by Crippen LogP contribution is -2.28. The predicted molar refractivity (Wildman–Crippen MR) is 58.4 cm³/mol. The minimum Gasteiger partial charge on any atom is -0.508 e. The molecule has 17 heavy (non-hydrogen) atoms. The zero-order chi connectivity index (χ0) is 12.7. The van der Waals surface area contributed by atoms with Crippen molar-refractivity contribution in [3.63, 3.8) is 0 Å². The molecule has 0 aliphatic heterocycles. The summed E-state index contributed by atoms with van der Waals surface area (Å²) in [5.74, 6) is -1.40. The van der Waals surface area contributed by atoms with Crippen LogP contribution in [0.25, 0.3) is 0 Å². The number of carboxylic acid groups (broad SMARTS) is 1. The van der Waals surface area contributed by atoms with Crippen molar-refractivity contribution in [1.82, 2.24) is 5.32 Å². The van der Waals surface area contributed by atoms with Crippen LogP contribution in [0.4, 0.5) is 0 Å². The quantitative estimate of drug-likeness (QED) is 0.654. The molecule has 0 saturated heterocycles. The average Bonchev–Trinajstić information content (AvgIpc) is 2.26. The molecule has 0 aliphatic carbocycles. The Morgan fingerprint density at radius 1 is 1.29 bits per heavy atom. The van der Waals surface area contributed by atoms with Crippen LogP contribution in [0.2, 0.25) is 0 Å². The second kappa shape index (κ2) is 6.49. The minimum atomic E-state index is -1.12. The highest BCUT2D eigenvalue weighted by atomic mass is 16.5. The second-order valence-electron chi connectivity index (χ2n) is 3.33. The van der Waals surface area contributed by atoms with Gasteiger partial charge in [0.1, 0.15) is 19.0 Å². The van der Waals surface area contributed by atoms with E-state index in [-0.39, 0.29) is 18.9 Å². The van der Waals surface area contributed by atoms with Crippen molar-refractivity contribution in [3.05, 3.63) is 29.8 Å². The van der Waals surface area contributed by atoms with Crippen molar-refractivity contribution in [3.8, 4) is 5.75 Å². The first kappa shape index (κ1) is 13.0. The number of phenolic OH excluding ortho intramolecular Hbond substituents is 1. The molecule has 0 aromatic heterocycles. The van der Waals surface area contributed by atoms with Gasteiger partial charge in [0.05, 0.1) is 0 Å². The summed E-state index contributed by atoms with van der Waals surface area (Å²) in [4.78, 5) is 21.3. The molecule has 1 amide bonds. The topological polar surface area (TPSA) is 95.9 Å². The van der Waals surface area contributed by atoms with E-state index in [1.165, 1.54) is 12.1 Å². The highest BCUT2D eigenvalue weighted by Crippen LogP contribution is 2.10. The third kappa shape index (κ3) is 5.53. The molecular weight excluding hydrogens is 226 g/mol. The number of phenols is 1. The average molecular weight is 239 g/mol. The molecule has 0 radical (unpaired) electrons. The standard InChI is InChI=1S/C11H13NO5/c13-9-3-1-2-8(4-9)5-12-10(14)6-17-7-11(15)16/h1-4,13H,5-7H2,(H,12,14)(H,15,16). The lowest BCUT2D eigenvalue weighted by atomic mass is 10.2. The summed E-state index contributed by atoms with van der Waals surface area (Å²) in [5, 5.41) is 20.0. The van der Waals surface area contributed by atoms with Crippen molar-refractivity contribution in [2.45, 2.75) is 6.54 Å². The van der Waals surface area contributed by atoms with E-state index in [1.807, 2.05) is 0 Å². The van der Waals surface area contributed by atoms with Gasteiger partial charge in [0.2, 0.25) is 5.91 Å². The molecule has 0 fully saturated rings. The number of benzene rings is 1. The number of aromatic hydroxyl groups is 1. The van der Waals surface area contributed by atoms with Crippen LogP contribution in [0.15, 0.2) is 24.3 Å². The number of ether oxygens (including phenoxy) is 1. The first-order valence-corrected chi connectivity index (χ1v) is 4.92. The Morgan fingerprint density at radius 2 is 2.06 bits per heavy atom. The van der Waals surface area contributed by atoms with Gasteiger partial charge < -0.3 is 20.3 Å². The molecule has 0 aliphatic rings. The summed E-state index contributed by atoms with van der Waals surface area (Å²) in [6, 6.07) is 6.47. The van der Waals surface area contributed by atoms with Crippen molar-refractivity contribution >= 4 is 11.9 Å². The Bertz CT molecular complexity index is 405. The maximum absolute atomic E-state index is 11.2. The first-order chi connectivity index (χ1) is 8.08. The van der Waals surface area contributed by atoms with Crippen LogP contribution in [-0.4, -0.2) is 35.3 Å². The molecule has 0 heterocycles. The number of aliphatic carboxylic acids is 1. The number of carbonyl (C=O) groups is 2. The molecular formula is C11H13NO5. The van der Waals surface area contributed by atoms with Gasteiger partial charge in [-0.25, -0.2) is 4.79 Å². The zero-order valence-corrected chi connectivity index (χ0v) is 9.05. The number of nitrogens with one attached hydrogen (secondary N) is 1. The Kier molecular flexibility index (Phi) is 4.96. The molecule has 0 unspecified atom stereocenters. The minimum absolute atomic E-state index is 0.124. The van der Waals surface area contributed by atoms with Gasteiger partial charge in [-0.15, -0.1) is 0 Å². The smallest absolute Gasteiger partial charge is 0.329 e. The molecule has 3 N–H and O–H groups in total. The predicted octanol–water partition coefficient (Wildman–Crippen LogP) is 0.110. The number of carboxylic acids is 1. The van der Waals surface area contributed by atoms with Gasteiger partial charge in [-0.1, -0.05) is 12.1 Å². The van der Waals surface area contributed by atoms with E-state index in [4.69, 9.17) is 5.11 Å². The summed E-state index contributed by atoms with van der Waals surface area (Å²) < 4.78 is 4.61. The summed E-state index contributed by atoms with van der Waals surface area (Å²) in [6.07, 6.45) is 0. The lowest BCUT2D eigenvalue weighted by molar-refractivity contribution is -0.143. The van der Waals surface area contributed by atoms with E-state index in [1.54, 1.807) is 12.1 Å². The van der Waals surface area contributed by atoms with Crippen LogP contribution in [0.5, 0.6) is 5.75 Å². The number of hydrogen-bond donors (Lipinski definition) is 3. The molecule has 0 spiro atoms. The molecule has 1 aromatic carbocycles. The maximum atomic E-state index is 11.2. The Morgan fingerprint density at radius 3 is 2.71 bits per heavy atom. The molecule has 1 rings (SSSR count). The van der Waals surface area contributed by atoms with E-state index in [0.717, 1.165) is 5.56 Å². The number of amides is 1. The van der Waals surface area contributed by atoms with Gasteiger partial charge in [-0.3, -0.25) is 4.79 Å². The van der Waals surface area contributed by atoms with Crippen LogP contribution in [0.1, 0.15) is 5.56 Å². The van der Waals surface area contributed by atoms with E-state index in [9.17, 15) is 14.7 Å². The monoisotopic (exact) mass is 239 g/mol. The summed E-state index contributed by atoms with van der Waals surface area (Å²) in [7, 11) is 0. The highest BCUT2D eigenvalue weighted by molar-refractivity contribution is 5.77. The molecule has 1 aromatic rings. The molecule has 6 nitrogen and oxygen atoms in total. The van der Waals surface area contributed by atoms with Gasteiger partial charge in [-0.05, 0) is 17.7 Å². The van der Waals surface area contributed by atoms with Gasteiger partial charge in [0, 0.05) is 6.54 Å². The Balaban J connectivity index is 2.26. The van der Waals surface area contributed by atoms with Crippen molar-refractivity contribution in [2.75, 3.05) is 13.2 Å². The van der Waals surface area contributed by atoms with E-state index in [2.05, 4.69) is 10.1 Å². The molecule has 0 saturated carbocycles. The van der Waals surface area contributed by atoms with Crippen LogP contribution in [-0.2, 0) is 20.9 Å². The molecule has 0 atom stereocenters. The van der Waals surface area contributed by atoms with Gasteiger partial charge >= 0.3 is 5.97 Å². The molecule has 6 heteroatoms. The Labute approximate surface area is 97.8 Å². The van der Waals surface area contributed by atoms with Gasteiger partial charge in [0.25, 0.3) is 0 Å². The summed E-state index contributed by atoms with van der Waals surface area (Å²) in [5.41, 5.74) is 0.747. The first-order valence-electron chi connectivity index (χ1n) is 4.92. The van der Waals surface area contributed by atoms with E-state index in [0.29, 0.717) is 0 Å². The Hall–Kier alpha value is -2.08. The second-order valence-corrected chi connectivity index (χ2v) is 3.33. The largest absolute Gasteiger partial charge is 0.508 e. The highest BCUT2D eigenvalue weighted by Gasteiger charge is 2.03. The number of carbonyl (C=O) groups excluding carboxylic acids is 1. The third-order valence-electron chi connectivity index (χ3n) is 1.86. The normalized spacial score (nSPS) is 9.88. The maximum Gasteiger partial charge on any atom is 0.329 e. The SMILES string of the molecule is O=C(O)COCC(=O)NCc1cccc(O)c1. The number of rotatable bonds is 6. The van der Waals surface area contributed by atoms with Gasteiger partial charge in [-0.2, -0.15) is 0 Å².